The second-order valence-electron chi connectivity index (χ2n) is 13.0. The number of nitriles is 1. The maximum Gasteiger partial charge on any atom is 0.319 e. The Hall–Kier alpha value is -5.26. The van der Waals surface area contributed by atoms with Gasteiger partial charge in [-0.3, -0.25) is 14.7 Å². The van der Waals surface area contributed by atoms with Crippen LogP contribution >= 0.6 is 0 Å². The summed E-state index contributed by atoms with van der Waals surface area (Å²) in [7, 11) is 0. The lowest BCUT2D eigenvalue weighted by Gasteiger charge is -2.31. The molecule has 2 N–H and O–H groups in total. The number of carbonyl (C=O) groups excluding carboxylic acids is 1. The highest BCUT2D eigenvalue weighted by molar-refractivity contribution is 6.02. The molecule has 0 aliphatic carbocycles. The number of hydrogen-bond acceptors (Lipinski definition) is 9. The number of halogens is 1. The molecule has 48 heavy (non-hydrogen) atoms. The maximum absolute atomic E-state index is 16.9. The van der Waals surface area contributed by atoms with Crippen molar-refractivity contribution in [1.82, 2.24) is 25.2 Å². The molecule has 0 saturated carbocycles. The molecular weight excluding hydrogens is 609 g/mol. The van der Waals surface area contributed by atoms with E-state index in [-0.39, 0.29) is 46.4 Å². The highest BCUT2D eigenvalue weighted by Gasteiger charge is 2.45. The van der Waals surface area contributed by atoms with E-state index in [1.54, 1.807) is 24.3 Å². The van der Waals surface area contributed by atoms with E-state index in [9.17, 15) is 15.2 Å². The van der Waals surface area contributed by atoms with Crippen molar-refractivity contribution in [1.29, 1.82) is 5.26 Å². The number of nitrogens with one attached hydrogen (secondary N) is 1. The van der Waals surface area contributed by atoms with Crippen molar-refractivity contribution in [2.24, 2.45) is 5.92 Å². The molecule has 10 nitrogen and oxygen atoms in total. The van der Waals surface area contributed by atoms with Crippen LogP contribution in [0.25, 0.3) is 32.9 Å². The van der Waals surface area contributed by atoms with Gasteiger partial charge in [-0.25, -0.2) is 4.39 Å². The number of phenolic OH excluding ortho intramolecular Hbond substituents is 1. The lowest BCUT2D eigenvalue weighted by molar-refractivity contribution is -0.117. The van der Waals surface area contributed by atoms with Crippen LogP contribution in [0.2, 0.25) is 0 Å². The number of aromatic nitrogens is 3. The molecule has 0 unspecified atom stereocenters. The molecule has 0 spiro atoms. The van der Waals surface area contributed by atoms with E-state index in [1.165, 1.54) is 18.3 Å². The van der Waals surface area contributed by atoms with E-state index >= 15 is 4.39 Å². The summed E-state index contributed by atoms with van der Waals surface area (Å²) in [4.78, 5) is 30.8. The number of benzene rings is 2. The van der Waals surface area contributed by atoms with Crippen molar-refractivity contribution in [2.75, 3.05) is 37.7 Å². The Morgan fingerprint density at radius 2 is 2.06 bits per heavy atom. The zero-order valence-electron chi connectivity index (χ0n) is 26.6. The van der Waals surface area contributed by atoms with Crippen LogP contribution in [-0.4, -0.2) is 75.2 Å². The lowest BCUT2D eigenvalue weighted by Crippen LogP contribution is -2.44. The number of nitrogens with zero attached hydrogens (tertiary/aromatic N) is 6. The van der Waals surface area contributed by atoms with E-state index in [2.05, 4.69) is 38.8 Å². The molecule has 2 aromatic carbocycles. The van der Waals surface area contributed by atoms with Gasteiger partial charge >= 0.3 is 6.01 Å². The van der Waals surface area contributed by atoms with Crippen molar-refractivity contribution >= 4 is 33.4 Å². The third-order valence-corrected chi connectivity index (χ3v) is 10.1. The fourth-order valence-electron chi connectivity index (χ4n) is 7.77. The van der Waals surface area contributed by atoms with Crippen LogP contribution in [0.5, 0.6) is 11.8 Å². The molecule has 3 aliphatic heterocycles. The van der Waals surface area contributed by atoms with Gasteiger partial charge in [-0.1, -0.05) is 24.6 Å². The maximum atomic E-state index is 16.9. The Bertz CT molecular complexity index is 2010. The number of carbonyl (C=O) groups is 1. The standard InChI is InChI=1S/C37H36FN7O3/c1-3-24-8-5-9-25-17-27(46)18-28(31(24)25)33-32(38)34-29(20-40-33)35(44-15-10-23(19-39)16-26(21-44)41-30(47)4-2)43-36(42-34)48-22-37-11-6-13-45(37)14-7-12-37/h1,4-5,8-9,17-18,20,23,26,46H,2,6-7,10-16,21-22H2,(H,41,47)/t23-,26-/m1/s1. The van der Waals surface area contributed by atoms with Gasteiger partial charge in [0, 0.05) is 41.8 Å². The summed E-state index contributed by atoms with van der Waals surface area (Å²) in [5.41, 5.74) is 0.780. The van der Waals surface area contributed by atoms with Gasteiger partial charge in [0.15, 0.2) is 5.82 Å². The third kappa shape index (κ3) is 5.65. The normalized spacial score (nSPS) is 20.5. The first-order chi connectivity index (χ1) is 23.3. The number of aromatic hydroxyl groups is 1. The topological polar surface area (TPSA) is 128 Å². The van der Waals surface area contributed by atoms with Gasteiger partial charge < -0.3 is 20.1 Å². The summed E-state index contributed by atoms with van der Waals surface area (Å²) >= 11 is 0. The minimum Gasteiger partial charge on any atom is -0.508 e. The molecule has 1 amide bonds. The average Bonchev–Trinajstić information content (AvgIpc) is 3.61. The smallest absolute Gasteiger partial charge is 0.319 e. The van der Waals surface area contributed by atoms with E-state index in [1.807, 2.05) is 4.90 Å². The molecule has 0 bridgehead atoms. The molecule has 3 saturated heterocycles. The first-order valence-electron chi connectivity index (χ1n) is 16.4. The van der Waals surface area contributed by atoms with Crippen molar-refractivity contribution in [3.05, 3.63) is 60.6 Å². The Morgan fingerprint density at radius 1 is 1.25 bits per heavy atom. The van der Waals surface area contributed by atoms with Crippen molar-refractivity contribution in [3.8, 4) is 41.4 Å². The zero-order valence-corrected chi connectivity index (χ0v) is 26.6. The monoisotopic (exact) mass is 645 g/mol. The Balaban J connectivity index is 1.37. The lowest BCUT2D eigenvalue weighted by atomic mass is 9.95. The molecule has 3 fully saturated rings. The molecule has 2 atom stereocenters. The number of phenols is 1. The summed E-state index contributed by atoms with van der Waals surface area (Å²) in [6.07, 6.45) is 13.8. The molecule has 3 aliphatic rings. The predicted molar refractivity (Wildman–Crippen MR) is 181 cm³/mol. The highest BCUT2D eigenvalue weighted by atomic mass is 19.1. The minimum absolute atomic E-state index is 0.00892. The number of pyridine rings is 1. The molecule has 7 rings (SSSR count). The average molecular weight is 646 g/mol. The van der Waals surface area contributed by atoms with Gasteiger partial charge in [-0.15, -0.1) is 6.42 Å². The highest BCUT2D eigenvalue weighted by Crippen LogP contribution is 2.41. The van der Waals surface area contributed by atoms with Gasteiger partial charge in [0.25, 0.3) is 0 Å². The SMILES string of the molecule is C#Cc1cccc2cc(O)cc(-c3ncc4c(N5CC[C@@H](C#N)C[C@@H](NC(=O)C=C)C5)nc(OCC56CCCN5CCC6)nc4c3F)c12. The van der Waals surface area contributed by atoms with E-state index < -0.39 is 5.82 Å². The molecule has 2 aromatic heterocycles. The first-order valence-corrected chi connectivity index (χ1v) is 16.4. The molecule has 0 radical (unpaired) electrons. The third-order valence-electron chi connectivity index (χ3n) is 10.1. The number of fused-ring (bicyclic) bond motifs is 3. The van der Waals surface area contributed by atoms with Gasteiger partial charge in [-0.05, 0) is 81.3 Å². The van der Waals surface area contributed by atoms with Crippen molar-refractivity contribution in [3.63, 3.8) is 0 Å². The van der Waals surface area contributed by atoms with Crippen LogP contribution in [0.4, 0.5) is 10.2 Å². The largest absolute Gasteiger partial charge is 0.508 e. The minimum atomic E-state index is -0.706. The summed E-state index contributed by atoms with van der Waals surface area (Å²) < 4.78 is 23.3. The fraction of sp³-hybridized carbons (Fsp3) is 0.378. The van der Waals surface area contributed by atoms with Crippen LogP contribution < -0.4 is 15.0 Å². The zero-order chi connectivity index (χ0) is 33.4. The van der Waals surface area contributed by atoms with Crippen LogP contribution in [0.15, 0.2) is 49.2 Å². The molecule has 11 heteroatoms. The first kappa shape index (κ1) is 31.3. The van der Waals surface area contributed by atoms with Crippen molar-refractivity contribution in [2.45, 2.75) is 50.1 Å². The van der Waals surface area contributed by atoms with Gasteiger partial charge in [0.2, 0.25) is 5.91 Å². The van der Waals surface area contributed by atoms with Crippen LogP contribution in [0.3, 0.4) is 0 Å². The molecule has 244 valence electrons. The Kier molecular flexibility index (Phi) is 8.32. The molecule has 5 heterocycles. The number of hydrogen-bond donors (Lipinski definition) is 2. The quantitative estimate of drug-likeness (QED) is 0.209. The van der Waals surface area contributed by atoms with Gasteiger partial charge in [-0.2, -0.15) is 15.2 Å². The van der Waals surface area contributed by atoms with E-state index in [0.29, 0.717) is 65.6 Å². The summed E-state index contributed by atoms with van der Waals surface area (Å²) in [6, 6.07) is 10.4. The predicted octanol–water partition coefficient (Wildman–Crippen LogP) is 5.09. The summed E-state index contributed by atoms with van der Waals surface area (Å²) in [5, 5.41) is 24.9. The Labute approximate surface area is 278 Å². The summed E-state index contributed by atoms with van der Waals surface area (Å²) in [6.45, 7) is 6.77. The summed E-state index contributed by atoms with van der Waals surface area (Å²) in [5.74, 6) is 1.68. The number of amides is 1. The fourth-order valence-corrected chi connectivity index (χ4v) is 7.77. The van der Waals surface area contributed by atoms with Crippen molar-refractivity contribution < 1.29 is 19.0 Å². The number of ether oxygens (including phenoxy) is 1. The second-order valence-corrected chi connectivity index (χ2v) is 13.0. The second kappa shape index (κ2) is 12.7. The number of anilines is 1. The number of terminal acetylenes is 1. The van der Waals surface area contributed by atoms with Crippen LogP contribution in [-0.2, 0) is 4.79 Å². The van der Waals surface area contributed by atoms with E-state index in [4.69, 9.17) is 16.1 Å². The van der Waals surface area contributed by atoms with E-state index in [0.717, 1.165) is 38.8 Å². The van der Waals surface area contributed by atoms with Crippen LogP contribution in [0, 0.1) is 35.4 Å². The van der Waals surface area contributed by atoms with Gasteiger partial charge in [0.05, 0.1) is 22.9 Å². The Morgan fingerprint density at radius 3 is 2.81 bits per heavy atom. The molecular formula is C37H36FN7O3. The molecule has 4 aromatic rings. The van der Waals surface area contributed by atoms with Crippen LogP contribution in [0.1, 0.15) is 44.1 Å². The van der Waals surface area contributed by atoms with Gasteiger partial charge in [0.1, 0.15) is 29.4 Å². The number of rotatable bonds is 7.